The van der Waals surface area contributed by atoms with E-state index in [9.17, 15) is 27.9 Å². The van der Waals surface area contributed by atoms with E-state index in [4.69, 9.17) is 0 Å². The van der Waals surface area contributed by atoms with Crippen LogP contribution in [0.3, 0.4) is 0 Å². The van der Waals surface area contributed by atoms with Gasteiger partial charge in [-0.3, -0.25) is 0 Å². The van der Waals surface area contributed by atoms with Crippen LogP contribution in [0.25, 0.3) is 0 Å². The van der Waals surface area contributed by atoms with E-state index in [1.165, 1.54) is 13.8 Å². The Bertz CT molecular complexity index is 463. The van der Waals surface area contributed by atoms with E-state index in [0.717, 1.165) is 0 Å². The predicted octanol–water partition coefficient (Wildman–Crippen LogP) is 1.98. The molecule has 8 heteroatoms. The zero-order valence-electron chi connectivity index (χ0n) is 10.1. The lowest BCUT2D eigenvalue weighted by Crippen LogP contribution is -2.43. The molecule has 5 nitrogen and oxygen atoms in total. The van der Waals surface area contributed by atoms with Gasteiger partial charge < -0.3 is 14.6 Å². The number of carbonyl (C=O) groups excluding carboxylic acids is 2. The molecule has 0 bridgehead atoms. The van der Waals surface area contributed by atoms with E-state index in [-0.39, 0.29) is 12.8 Å². The molecule has 0 aromatic carbocycles. The fourth-order valence-electron chi connectivity index (χ4n) is 1.86. The molecule has 1 aliphatic carbocycles. The van der Waals surface area contributed by atoms with Crippen LogP contribution in [0.15, 0.2) is 11.3 Å². The molecule has 0 unspecified atom stereocenters. The van der Waals surface area contributed by atoms with E-state index < -0.39 is 40.6 Å². The third kappa shape index (κ3) is 2.04. The molecular weight excluding hydrogens is 269 g/mol. The highest BCUT2D eigenvalue weighted by atomic mass is 19.4. The molecule has 0 aromatic heterocycles. The minimum atomic E-state index is -4.74. The van der Waals surface area contributed by atoms with Crippen molar-refractivity contribution in [2.24, 2.45) is 5.41 Å². The fourth-order valence-corrected chi connectivity index (χ4v) is 1.86. The molecule has 2 rings (SSSR count). The zero-order valence-corrected chi connectivity index (χ0v) is 10.1. The van der Waals surface area contributed by atoms with Gasteiger partial charge in [0.25, 0.3) is 5.79 Å². The molecule has 1 saturated heterocycles. The van der Waals surface area contributed by atoms with E-state index >= 15 is 0 Å². The van der Waals surface area contributed by atoms with Crippen molar-refractivity contribution in [3.8, 4) is 0 Å². The number of aliphatic hydroxyl groups is 1. The first kappa shape index (κ1) is 13.7. The number of rotatable bonds is 1. The summed E-state index contributed by atoms with van der Waals surface area (Å²) in [4.78, 5) is 23.1. The number of ether oxygens (including phenoxy) is 2. The van der Waals surface area contributed by atoms with Crippen molar-refractivity contribution >= 4 is 11.9 Å². The minimum absolute atomic E-state index is 0.379. The topological polar surface area (TPSA) is 72.8 Å². The molecule has 106 valence electrons. The molecular formula is C11H11F3O5. The number of halogens is 3. The molecule has 0 aromatic rings. The maximum atomic E-state index is 12.8. The molecule has 0 spiro atoms. The maximum Gasteiger partial charge on any atom is 0.401 e. The van der Waals surface area contributed by atoms with Gasteiger partial charge in [-0.25, -0.2) is 9.59 Å². The average molecular weight is 280 g/mol. The Morgan fingerprint density at radius 1 is 1.16 bits per heavy atom. The normalized spacial score (nSPS) is 24.6. The summed E-state index contributed by atoms with van der Waals surface area (Å²) in [6.45, 7) is 2.51. The van der Waals surface area contributed by atoms with Crippen LogP contribution in [0, 0.1) is 5.41 Å². The zero-order chi connectivity index (χ0) is 14.6. The van der Waals surface area contributed by atoms with Crippen molar-refractivity contribution in [1.82, 2.24) is 0 Å². The van der Waals surface area contributed by atoms with Gasteiger partial charge in [0.15, 0.2) is 5.57 Å². The van der Waals surface area contributed by atoms with Crippen molar-refractivity contribution in [3.05, 3.63) is 11.3 Å². The number of cyclic esters (lactones) is 2. The summed E-state index contributed by atoms with van der Waals surface area (Å²) in [5.74, 6) is -5.50. The van der Waals surface area contributed by atoms with Gasteiger partial charge in [0.05, 0.1) is 0 Å². The van der Waals surface area contributed by atoms with Gasteiger partial charge in [-0.2, -0.15) is 13.2 Å². The monoisotopic (exact) mass is 280 g/mol. The summed E-state index contributed by atoms with van der Waals surface area (Å²) in [5.41, 5.74) is -3.60. The van der Waals surface area contributed by atoms with Crippen LogP contribution in [0.1, 0.15) is 26.7 Å². The van der Waals surface area contributed by atoms with Crippen molar-refractivity contribution in [3.63, 3.8) is 0 Å². The predicted molar refractivity (Wildman–Crippen MR) is 53.6 cm³/mol. The summed E-state index contributed by atoms with van der Waals surface area (Å²) in [5, 5.41) is 9.67. The quantitative estimate of drug-likeness (QED) is 0.344. The molecule has 1 heterocycles. The molecule has 1 saturated carbocycles. The highest BCUT2D eigenvalue weighted by molar-refractivity contribution is 6.16. The molecule has 2 fully saturated rings. The molecule has 1 aliphatic heterocycles. The number of alkyl halides is 3. The van der Waals surface area contributed by atoms with Crippen molar-refractivity contribution in [2.45, 2.75) is 38.7 Å². The molecule has 2 aliphatic rings. The lowest BCUT2D eigenvalue weighted by Gasteiger charge is -2.31. The summed E-state index contributed by atoms with van der Waals surface area (Å²) in [6.07, 6.45) is -5.50. The first-order valence-corrected chi connectivity index (χ1v) is 5.47. The van der Waals surface area contributed by atoms with E-state index in [1.807, 2.05) is 0 Å². The second-order valence-electron chi connectivity index (χ2n) is 4.98. The van der Waals surface area contributed by atoms with Crippen LogP contribution in [0.4, 0.5) is 13.2 Å². The number of hydrogen-bond donors (Lipinski definition) is 1. The van der Waals surface area contributed by atoms with Gasteiger partial charge >= 0.3 is 18.1 Å². The Balaban J connectivity index is 2.43. The summed E-state index contributed by atoms with van der Waals surface area (Å²) in [7, 11) is 0. The Morgan fingerprint density at radius 3 is 1.89 bits per heavy atom. The number of esters is 2. The van der Waals surface area contributed by atoms with Gasteiger partial charge in [0, 0.05) is 13.8 Å². The van der Waals surface area contributed by atoms with Crippen LogP contribution in [0.2, 0.25) is 0 Å². The van der Waals surface area contributed by atoms with E-state index in [2.05, 4.69) is 9.47 Å². The van der Waals surface area contributed by atoms with Gasteiger partial charge in [-0.1, -0.05) is 0 Å². The molecule has 19 heavy (non-hydrogen) atoms. The number of aliphatic hydroxyl groups excluding tert-OH is 1. The Labute approximate surface area is 106 Å². The highest BCUT2D eigenvalue weighted by Crippen LogP contribution is 2.62. The Hall–Kier alpha value is -1.73. The highest BCUT2D eigenvalue weighted by Gasteiger charge is 2.68. The van der Waals surface area contributed by atoms with Crippen molar-refractivity contribution < 1.29 is 37.3 Å². The maximum absolute atomic E-state index is 12.8. The third-order valence-corrected chi connectivity index (χ3v) is 3.07. The van der Waals surface area contributed by atoms with Crippen LogP contribution in [-0.4, -0.2) is 29.0 Å². The molecule has 0 amide bonds. The van der Waals surface area contributed by atoms with Crippen LogP contribution >= 0.6 is 0 Å². The number of carbonyl (C=O) groups is 2. The van der Waals surface area contributed by atoms with Gasteiger partial charge in [0.2, 0.25) is 0 Å². The lowest BCUT2D eigenvalue weighted by atomic mass is 9.98. The Kier molecular flexibility index (Phi) is 2.63. The van der Waals surface area contributed by atoms with Crippen LogP contribution in [-0.2, 0) is 19.1 Å². The lowest BCUT2D eigenvalue weighted by molar-refractivity contribution is -0.223. The average Bonchev–Trinajstić information content (AvgIpc) is 2.91. The molecule has 0 radical (unpaired) electrons. The second-order valence-corrected chi connectivity index (χ2v) is 4.98. The SMILES string of the molecule is CC1(C)OC(=O)C(=C(O)C2(C(F)(F)F)CC2)C(=O)O1. The summed E-state index contributed by atoms with van der Waals surface area (Å²) < 4.78 is 47.7. The summed E-state index contributed by atoms with van der Waals surface area (Å²) in [6, 6.07) is 0. The molecule has 1 N–H and O–H groups in total. The first-order valence-electron chi connectivity index (χ1n) is 5.47. The van der Waals surface area contributed by atoms with Gasteiger partial charge in [-0.15, -0.1) is 0 Å². The number of allylic oxidation sites excluding steroid dienone is 1. The van der Waals surface area contributed by atoms with E-state index in [0.29, 0.717) is 0 Å². The number of hydrogen-bond acceptors (Lipinski definition) is 5. The molecule has 0 atom stereocenters. The fraction of sp³-hybridized carbons (Fsp3) is 0.636. The van der Waals surface area contributed by atoms with E-state index in [1.54, 1.807) is 0 Å². The van der Waals surface area contributed by atoms with Gasteiger partial charge in [0.1, 0.15) is 11.2 Å². The first-order chi connectivity index (χ1) is 8.50. The second kappa shape index (κ2) is 3.64. The Morgan fingerprint density at radius 2 is 1.58 bits per heavy atom. The standard InChI is InChI=1S/C11H11F3O5/c1-9(2)18-7(16)5(8(17)19-9)6(15)10(3-4-10)11(12,13)14/h15H,3-4H2,1-2H3. The van der Waals surface area contributed by atoms with Crippen LogP contribution in [0.5, 0.6) is 0 Å². The van der Waals surface area contributed by atoms with Crippen molar-refractivity contribution in [2.75, 3.05) is 0 Å². The van der Waals surface area contributed by atoms with Gasteiger partial charge in [-0.05, 0) is 12.8 Å². The minimum Gasteiger partial charge on any atom is -0.510 e. The smallest absolute Gasteiger partial charge is 0.401 e. The third-order valence-electron chi connectivity index (χ3n) is 3.07. The largest absolute Gasteiger partial charge is 0.510 e. The van der Waals surface area contributed by atoms with Crippen molar-refractivity contribution in [1.29, 1.82) is 0 Å². The van der Waals surface area contributed by atoms with Crippen LogP contribution < -0.4 is 0 Å². The summed E-state index contributed by atoms with van der Waals surface area (Å²) >= 11 is 0.